The number of rotatable bonds is 3. The monoisotopic (exact) mass is 293 g/mol. The highest BCUT2D eigenvalue weighted by molar-refractivity contribution is 6.08. The highest BCUT2D eigenvalue weighted by Crippen LogP contribution is 2.31. The molecule has 0 aromatic heterocycles. The van der Waals surface area contributed by atoms with Gasteiger partial charge in [0, 0.05) is 6.07 Å². The summed E-state index contributed by atoms with van der Waals surface area (Å²) in [5.41, 5.74) is 6.13. The van der Waals surface area contributed by atoms with Crippen molar-refractivity contribution < 1.29 is 23.9 Å². The molecule has 0 radical (unpaired) electrons. The summed E-state index contributed by atoms with van der Waals surface area (Å²) in [7, 11) is 2.86. The molecule has 8 heteroatoms. The Morgan fingerprint density at radius 3 is 2.33 bits per heavy atom. The van der Waals surface area contributed by atoms with Crippen molar-refractivity contribution in [1.82, 2.24) is 10.2 Å². The molecule has 0 saturated carbocycles. The van der Waals surface area contributed by atoms with E-state index in [1.165, 1.54) is 20.3 Å². The van der Waals surface area contributed by atoms with E-state index < -0.39 is 17.7 Å². The average Bonchev–Trinajstić information content (AvgIpc) is 2.45. The van der Waals surface area contributed by atoms with Crippen molar-refractivity contribution in [2.24, 2.45) is 0 Å². The van der Waals surface area contributed by atoms with E-state index in [1.807, 2.05) is 0 Å². The number of piperazine rings is 1. The molecule has 0 spiro atoms. The van der Waals surface area contributed by atoms with Crippen LogP contribution in [0, 0.1) is 0 Å². The number of hydrogen-bond acceptors (Lipinski definition) is 6. The van der Waals surface area contributed by atoms with Crippen molar-refractivity contribution in [2.75, 3.05) is 33.0 Å². The predicted octanol–water partition coefficient (Wildman–Crippen LogP) is -0.615. The number of amides is 3. The number of nitrogen functional groups attached to an aromatic ring is 1. The van der Waals surface area contributed by atoms with E-state index >= 15 is 0 Å². The molecular formula is C13H15N3O5. The molecule has 0 unspecified atom stereocenters. The van der Waals surface area contributed by atoms with Gasteiger partial charge in [-0.2, -0.15) is 0 Å². The molecule has 1 fully saturated rings. The lowest BCUT2D eigenvalue weighted by molar-refractivity contribution is -0.135. The highest BCUT2D eigenvalue weighted by atomic mass is 16.5. The van der Waals surface area contributed by atoms with Crippen LogP contribution in [-0.2, 0) is 9.59 Å². The molecule has 1 aromatic carbocycles. The molecule has 8 nitrogen and oxygen atoms in total. The molecule has 21 heavy (non-hydrogen) atoms. The fraction of sp³-hybridized carbons (Fsp3) is 0.308. The number of methoxy groups -OCH3 is 2. The molecule has 0 atom stereocenters. The lowest BCUT2D eigenvalue weighted by atomic mass is 10.1. The Hall–Kier alpha value is -2.77. The van der Waals surface area contributed by atoms with Crippen LogP contribution in [0.5, 0.6) is 11.5 Å². The Kier molecular flexibility index (Phi) is 3.97. The van der Waals surface area contributed by atoms with Gasteiger partial charge in [0.1, 0.15) is 24.6 Å². The summed E-state index contributed by atoms with van der Waals surface area (Å²) in [6, 6.07) is 2.98. The molecule has 1 aliphatic rings. The number of imide groups is 1. The third-order valence-corrected chi connectivity index (χ3v) is 3.04. The first-order valence-corrected chi connectivity index (χ1v) is 6.09. The second kappa shape index (κ2) is 5.70. The van der Waals surface area contributed by atoms with Crippen LogP contribution in [0.15, 0.2) is 12.1 Å². The molecule has 1 aromatic rings. The molecule has 112 valence electrons. The van der Waals surface area contributed by atoms with Gasteiger partial charge in [-0.05, 0) is 6.07 Å². The van der Waals surface area contributed by atoms with Crippen LogP contribution >= 0.6 is 0 Å². The Morgan fingerprint density at radius 1 is 1.19 bits per heavy atom. The van der Waals surface area contributed by atoms with E-state index in [0.29, 0.717) is 5.75 Å². The quantitative estimate of drug-likeness (QED) is 0.568. The first kappa shape index (κ1) is 14.6. The molecule has 3 N–H and O–H groups in total. The molecular weight excluding hydrogens is 278 g/mol. The van der Waals surface area contributed by atoms with Crippen LogP contribution < -0.4 is 20.5 Å². The fourth-order valence-corrected chi connectivity index (χ4v) is 2.02. The number of nitrogens with zero attached hydrogens (tertiary/aromatic N) is 1. The van der Waals surface area contributed by atoms with Gasteiger partial charge in [-0.25, -0.2) is 0 Å². The Bertz CT molecular complexity index is 598. The van der Waals surface area contributed by atoms with Gasteiger partial charge < -0.3 is 20.1 Å². The zero-order valence-electron chi connectivity index (χ0n) is 11.6. The van der Waals surface area contributed by atoms with Crippen LogP contribution in [-0.4, -0.2) is 49.9 Å². The van der Waals surface area contributed by atoms with Gasteiger partial charge in [0.15, 0.2) is 0 Å². The summed E-state index contributed by atoms with van der Waals surface area (Å²) in [5, 5.41) is 2.12. The maximum Gasteiger partial charge on any atom is 0.257 e. The third kappa shape index (κ3) is 2.88. The molecule has 0 aliphatic carbocycles. The topological polar surface area (TPSA) is 111 Å². The summed E-state index contributed by atoms with van der Waals surface area (Å²) in [6.07, 6.45) is 0. The lowest BCUT2D eigenvalue weighted by Crippen LogP contribution is -2.53. The summed E-state index contributed by atoms with van der Waals surface area (Å²) in [4.78, 5) is 36.3. The van der Waals surface area contributed by atoms with E-state index in [9.17, 15) is 14.4 Å². The second-order valence-corrected chi connectivity index (χ2v) is 4.42. The number of ether oxygens (including phenoxy) is 2. The first-order valence-electron chi connectivity index (χ1n) is 6.09. The summed E-state index contributed by atoms with van der Waals surface area (Å²) in [5.74, 6) is -0.934. The van der Waals surface area contributed by atoms with Crippen molar-refractivity contribution in [3.8, 4) is 11.5 Å². The van der Waals surface area contributed by atoms with Crippen molar-refractivity contribution >= 4 is 23.4 Å². The summed E-state index contributed by atoms with van der Waals surface area (Å²) in [6.45, 7) is -0.410. The molecule has 1 aliphatic heterocycles. The van der Waals surface area contributed by atoms with Gasteiger partial charge in [0.05, 0.1) is 25.5 Å². The summed E-state index contributed by atoms with van der Waals surface area (Å²) >= 11 is 0. The minimum atomic E-state index is -0.534. The van der Waals surface area contributed by atoms with Crippen LogP contribution in [0.25, 0.3) is 0 Å². The van der Waals surface area contributed by atoms with E-state index in [1.54, 1.807) is 6.07 Å². The van der Waals surface area contributed by atoms with Gasteiger partial charge in [-0.3, -0.25) is 19.7 Å². The van der Waals surface area contributed by atoms with E-state index in [0.717, 1.165) is 4.90 Å². The Labute approximate surface area is 120 Å². The van der Waals surface area contributed by atoms with Crippen molar-refractivity contribution in [3.05, 3.63) is 17.7 Å². The molecule has 3 amide bonds. The standard InChI is InChI=1S/C13H15N3O5/c1-20-7-3-8(12(14)9(4-7)21-2)13(19)16-5-10(17)15-11(18)6-16/h3-4H,5-6,14H2,1-2H3,(H,15,17,18). The third-order valence-electron chi connectivity index (χ3n) is 3.04. The largest absolute Gasteiger partial charge is 0.497 e. The Morgan fingerprint density at radius 2 is 1.81 bits per heavy atom. The van der Waals surface area contributed by atoms with E-state index in [4.69, 9.17) is 15.2 Å². The fourth-order valence-electron chi connectivity index (χ4n) is 2.02. The normalized spacial score (nSPS) is 14.7. The zero-order chi connectivity index (χ0) is 15.6. The van der Waals surface area contributed by atoms with Gasteiger partial charge >= 0.3 is 0 Å². The summed E-state index contributed by atoms with van der Waals surface area (Å²) < 4.78 is 10.2. The molecule has 0 bridgehead atoms. The average molecular weight is 293 g/mol. The molecule has 1 saturated heterocycles. The predicted molar refractivity (Wildman–Crippen MR) is 73.0 cm³/mol. The highest BCUT2D eigenvalue weighted by Gasteiger charge is 2.29. The van der Waals surface area contributed by atoms with Crippen molar-refractivity contribution in [2.45, 2.75) is 0 Å². The zero-order valence-corrected chi connectivity index (χ0v) is 11.6. The van der Waals surface area contributed by atoms with Gasteiger partial charge in [0.2, 0.25) is 11.8 Å². The number of carbonyl (C=O) groups excluding carboxylic acids is 3. The van der Waals surface area contributed by atoms with Crippen LogP contribution in [0.1, 0.15) is 10.4 Å². The Balaban J connectivity index is 2.38. The van der Waals surface area contributed by atoms with Gasteiger partial charge in [0.25, 0.3) is 5.91 Å². The number of nitrogens with one attached hydrogen (secondary N) is 1. The maximum absolute atomic E-state index is 12.5. The SMILES string of the molecule is COc1cc(OC)c(N)c(C(=O)N2CC(=O)NC(=O)C2)c1. The second-order valence-electron chi connectivity index (χ2n) is 4.42. The lowest BCUT2D eigenvalue weighted by Gasteiger charge is -2.26. The molecule has 2 rings (SSSR count). The van der Waals surface area contributed by atoms with E-state index in [-0.39, 0.29) is 30.1 Å². The number of anilines is 1. The first-order chi connectivity index (χ1) is 9.96. The van der Waals surface area contributed by atoms with E-state index in [2.05, 4.69) is 5.32 Å². The van der Waals surface area contributed by atoms with Gasteiger partial charge in [-0.15, -0.1) is 0 Å². The van der Waals surface area contributed by atoms with Crippen molar-refractivity contribution in [1.29, 1.82) is 0 Å². The van der Waals surface area contributed by atoms with Crippen molar-refractivity contribution in [3.63, 3.8) is 0 Å². The molecule has 1 heterocycles. The number of nitrogens with two attached hydrogens (primary N) is 1. The number of benzene rings is 1. The number of carbonyl (C=O) groups is 3. The van der Waals surface area contributed by atoms with Crippen LogP contribution in [0.3, 0.4) is 0 Å². The van der Waals surface area contributed by atoms with Gasteiger partial charge in [-0.1, -0.05) is 0 Å². The maximum atomic E-state index is 12.5. The smallest absolute Gasteiger partial charge is 0.257 e. The number of hydrogen-bond donors (Lipinski definition) is 2. The van der Waals surface area contributed by atoms with Crippen LogP contribution in [0.2, 0.25) is 0 Å². The van der Waals surface area contributed by atoms with Crippen LogP contribution in [0.4, 0.5) is 5.69 Å². The minimum Gasteiger partial charge on any atom is -0.497 e. The minimum absolute atomic E-state index is 0.119.